The molecule has 3 nitrogen and oxygen atoms in total. The van der Waals surface area contributed by atoms with Gasteiger partial charge in [0.1, 0.15) is 5.78 Å². The topological polar surface area (TPSA) is 44.1 Å². The van der Waals surface area contributed by atoms with Crippen LogP contribution < -0.4 is 0 Å². The maximum absolute atomic E-state index is 11.5. The predicted octanol–water partition coefficient (Wildman–Crippen LogP) is 1.80. The molecule has 0 aromatic heterocycles. The summed E-state index contributed by atoms with van der Waals surface area (Å²) in [5, 5.41) is 8.45. The van der Waals surface area contributed by atoms with Gasteiger partial charge in [-0.25, -0.2) is 0 Å². The van der Waals surface area contributed by atoms with Gasteiger partial charge >= 0.3 is 0 Å². The first kappa shape index (κ1) is 12.2. The average molecular weight is 207 g/mol. The second kappa shape index (κ2) is 5.87. The lowest BCUT2D eigenvalue weighted by atomic mass is 9.91. The van der Waals surface area contributed by atoms with Crippen LogP contribution in [0.15, 0.2) is 0 Å². The Morgan fingerprint density at radius 1 is 1.40 bits per heavy atom. The Bertz CT molecular complexity index is 247. The fourth-order valence-electron chi connectivity index (χ4n) is 2.08. The molecule has 0 spiro atoms. The molecule has 0 aromatic carbocycles. The van der Waals surface area contributed by atoms with E-state index in [1.165, 1.54) is 5.92 Å². The van der Waals surface area contributed by atoms with Crippen LogP contribution >= 0.6 is 0 Å². The normalized spacial score (nSPS) is 19.1. The summed E-state index contributed by atoms with van der Waals surface area (Å²) in [6.45, 7) is 7.29. The van der Waals surface area contributed by atoms with E-state index in [4.69, 9.17) is 5.26 Å². The van der Waals surface area contributed by atoms with Crippen molar-refractivity contribution in [2.75, 3.05) is 19.6 Å². The minimum atomic E-state index is 0.0869. The van der Waals surface area contributed by atoms with Crippen LogP contribution in [0.25, 0.3) is 0 Å². The number of ketones is 1. The number of nitrogens with zero attached hydrogens (tertiary/aromatic N) is 2. The molecule has 1 radical (unpaired) electrons. The molecule has 1 heterocycles. The Labute approximate surface area is 92.1 Å². The molecule has 0 atom stereocenters. The van der Waals surface area contributed by atoms with Crippen LogP contribution in [0.4, 0.5) is 0 Å². The Balaban J connectivity index is 2.30. The van der Waals surface area contributed by atoms with Crippen molar-refractivity contribution in [2.45, 2.75) is 33.1 Å². The first-order valence-corrected chi connectivity index (χ1v) is 5.54. The minimum Gasteiger partial charge on any atom is -0.303 e. The quantitative estimate of drug-likeness (QED) is 0.706. The van der Waals surface area contributed by atoms with Crippen LogP contribution in [0, 0.1) is 23.2 Å². The monoisotopic (exact) mass is 207 g/mol. The third kappa shape index (κ3) is 4.01. The molecule has 1 aliphatic rings. The summed E-state index contributed by atoms with van der Waals surface area (Å²) in [5.41, 5.74) is 0. The Morgan fingerprint density at radius 2 is 2.00 bits per heavy atom. The van der Waals surface area contributed by atoms with Crippen molar-refractivity contribution in [3.63, 3.8) is 0 Å². The molecule has 0 aromatic rings. The molecular formula is C12H19N2O. The fourth-order valence-corrected chi connectivity index (χ4v) is 2.08. The van der Waals surface area contributed by atoms with Crippen molar-refractivity contribution < 1.29 is 4.79 Å². The molecule has 1 aliphatic heterocycles. The van der Waals surface area contributed by atoms with Gasteiger partial charge in [0.05, 0.1) is 12.5 Å². The second-order valence-electron chi connectivity index (χ2n) is 4.56. The molecule has 0 aliphatic carbocycles. The Hall–Kier alpha value is -0.880. The molecule has 0 bridgehead atoms. The number of likely N-dealkylation sites (tertiary alicyclic amines) is 1. The molecule has 1 rings (SSSR count). The maximum Gasteiger partial charge on any atom is 0.150 e. The zero-order chi connectivity index (χ0) is 11.3. The zero-order valence-electron chi connectivity index (χ0n) is 9.62. The third-order valence-corrected chi connectivity index (χ3v) is 2.84. The molecule has 15 heavy (non-hydrogen) atoms. The number of Topliss-reactive ketones (excluding diaryl/α,β-unsaturated/α-hetero) is 1. The lowest BCUT2D eigenvalue weighted by molar-refractivity contribution is -0.123. The van der Waals surface area contributed by atoms with Gasteiger partial charge in [-0.15, -0.1) is 0 Å². The summed E-state index contributed by atoms with van der Waals surface area (Å²) in [6, 6.07) is 1.94. The summed E-state index contributed by atoms with van der Waals surface area (Å²) in [6.07, 6.45) is 1.94. The molecule has 0 N–H and O–H groups in total. The molecule has 3 heteroatoms. The van der Waals surface area contributed by atoms with Crippen molar-refractivity contribution in [1.82, 2.24) is 4.90 Å². The number of hydrogen-bond acceptors (Lipinski definition) is 3. The molecule has 0 saturated carbocycles. The van der Waals surface area contributed by atoms with Crippen LogP contribution in [0.5, 0.6) is 0 Å². The third-order valence-electron chi connectivity index (χ3n) is 2.84. The van der Waals surface area contributed by atoms with Gasteiger partial charge in [-0.05, 0) is 31.8 Å². The lowest BCUT2D eigenvalue weighted by Gasteiger charge is -2.31. The van der Waals surface area contributed by atoms with E-state index >= 15 is 0 Å². The summed E-state index contributed by atoms with van der Waals surface area (Å²) < 4.78 is 0. The highest BCUT2D eigenvalue weighted by Gasteiger charge is 2.24. The number of nitriles is 1. The van der Waals surface area contributed by atoms with Gasteiger partial charge in [0.25, 0.3) is 0 Å². The van der Waals surface area contributed by atoms with Gasteiger partial charge < -0.3 is 4.90 Å². The molecule has 0 unspecified atom stereocenters. The van der Waals surface area contributed by atoms with Gasteiger partial charge in [0.2, 0.25) is 0 Å². The van der Waals surface area contributed by atoms with E-state index in [0.29, 0.717) is 0 Å². The largest absolute Gasteiger partial charge is 0.303 e. The second-order valence-corrected chi connectivity index (χ2v) is 4.56. The Morgan fingerprint density at radius 3 is 2.47 bits per heavy atom. The summed E-state index contributed by atoms with van der Waals surface area (Å²) >= 11 is 0. The van der Waals surface area contributed by atoms with Crippen molar-refractivity contribution in [3.8, 4) is 6.07 Å². The minimum absolute atomic E-state index is 0.0869. The van der Waals surface area contributed by atoms with Gasteiger partial charge in [0.15, 0.2) is 0 Å². The molecule has 83 valence electrons. The highest BCUT2D eigenvalue weighted by atomic mass is 16.1. The van der Waals surface area contributed by atoms with Gasteiger partial charge in [0, 0.05) is 12.5 Å². The number of hydrogen-bond donors (Lipinski definition) is 0. The van der Waals surface area contributed by atoms with Crippen molar-refractivity contribution in [2.24, 2.45) is 5.92 Å². The van der Waals surface area contributed by atoms with Crippen LogP contribution in [0.2, 0.25) is 0 Å². The number of rotatable bonds is 4. The lowest BCUT2D eigenvalue weighted by Crippen LogP contribution is -2.37. The van der Waals surface area contributed by atoms with Crippen LogP contribution in [0.1, 0.15) is 33.1 Å². The molecule has 1 fully saturated rings. The van der Waals surface area contributed by atoms with Crippen molar-refractivity contribution >= 4 is 5.78 Å². The fraction of sp³-hybridized carbons (Fsp3) is 0.750. The molecule has 1 saturated heterocycles. The number of carbonyl (C=O) groups is 1. The molecular weight excluding hydrogens is 188 g/mol. The summed E-state index contributed by atoms with van der Waals surface area (Å²) in [7, 11) is 0. The van der Waals surface area contributed by atoms with E-state index in [0.717, 1.165) is 32.5 Å². The average Bonchev–Trinajstić information content (AvgIpc) is 2.18. The number of carbonyl (C=O) groups excluding carboxylic acids is 1. The first-order valence-electron chi connectivity index (χ1n) is 5.54. The highest BCUT2D eigenvalue weighted by Crippen LogP contribution is 2.20. The molecule has 0 amide bonds. The standard InChI is InChI=1S/C12H19N2O/c1-10(2)9-14-7-4-11(5-8-14)12(15)3-6-13/h11H,3-5,7-9H2,1-2H3. The summed E-state index contributed by atoms with van der Waals surface area (Å²) in [4.78, 5) is 13.9. The van der Waals surface area contributed by atoms with E-state index in [1.807, 2.05) is 6.07 Å². The van der Waals surface area contributed by atoms with E-state index in [2.05, 4.69) is 18.7 Å². The predicted molar refractivity (Wildman–Crippen MR) is 59.0 cm³/mol. The van der Waals surface area contributed by atoms with E-state index in [1.54, 1.807) is 0 Å². The highest BCUT2D eigenvalue weighted by molar-refractivity contribution is 5.82. The SMILES string of the molecule is C[C](C)CN1CCC(C(=O)CC#N)CC1. The summed E-state index contributed by atoms with van der Waals surface area (Å²) in [5.74, 6) is 1.68. The van der Waals surface area contributed by atoms with E-state index in [-0.39, 0.29) is 18.1 Å². The van der Waals surface area contributed by atoms with Crippen molar-refractivity contribution in [3.05, 3.63) is 5.92 Å². The van der Waals surface area contributed by atoms with Crippen LogP contribution in [0.3, 0.4) is 0 Å². The van der Waals surface area contributed by atoms with Crippen LogP contribution in [-0.2, 0) is 4.79 Å². The first-order chi connectivity index (χ1) is 7.13. The zero-order valence-corrected chi connectivity index (χ0v) is 9.62. The van der Waals surface area contributed by atoms with Crippen LogP contribution in [-0.4, -0.2) is 30.3 Å². The number of piperidine rings is 1. The van der Waals surface area contributed by atoms with Gasteiger partial charge in [-0.2, -0.15) is 5.26 Å². The smallest absolute Gasteiger partial charge is 0.150 e. The maximum atomic E-state index is 11.5. The van der Waals surface area contributed by atoms with E-state index < -0.39 is 0 Å². The Kier molecular flexibility index (Phi) is 4.77. The van der Waals surface area contributed by atoms with Crippen molar-refractivity contribution in [1.29, 1.82) is 5.26 Å². The van der Waals surface area contributed by atoms with Gasteiger partial charge in [-0.3, -0.25) is 4.79 Å². The van der Waals surface area contributed by atoms with E-state index in [9.17, 15) is 4.79 Å². The van der Waals surface area contributed by atoms with Gasteiger partial charge in [-0.1, -0.05) is 13.8 Å².